The number of fused-ring (bicyclic) bond motifs is 3. The Labute approximate surface area is 112 Å². The maximum Gasteiger partial charge on any atom is 0.139 e. The summed E-state index contributed by atoms with van der Waals surface area (Å²) in [7, 11) is 0. The van der Waals surface area contributed by atoms with E-state index >= 15 is 0 Å². The number of hydrogen-bond donors (Lipinski definition) is 1. The maximum atomic E-state index is 10.2. The van der Waals surface area contributed by atoms with Crippen molar-refractivity contribution in [3.8, 4) is 5.75 Å². The maximum absolute atomic E-state index is 10.2. The lowest BCUT2D eigenvalue weighted by molar-refractivity contribution is 0.479. The van der Waals surface area contributed by atoms with Crippen LogP contribution in [0.5, 0.6) is 5.75 Å². The highest BCUT2D eigenvalue weighted by Crippen LogP contribution is 2.41. The number of aromatic hydroxyl groups is 1. The molecule has 0 unspecified atom stereocenters. The molecular weight excluding hydrogens is 300 g/mol. The van der Waals surface area contributed by atoms with Crippen LogP contribution in [-0.4, -0.2) is 5.11 Å². The second-order valence-electron chi connectivity index (χ2n) is 3.91. The van der Waals surface area contributed by atoms with Gasteiger partial charge in [0.1, 0.15) is 5.75 Å². The first-order valence-electron chi connectivity index (χ1n) is 5.17. The van der Waals surface area contributed by atoms with Gasteiger partial charge >= 0.3 is 0 Å². The Kier molecular flexibility index (Phi) is 2.49. The summed E-state index contributed by atoms with van der Waals surface area (Å²) < 4.78 is 0.544. The molecule has 1 N–H and O–H groups in total. The van der Waals surface area contributed by atoms with Crippen LogP contribution < -0.4 is 0 Å². The minimum atomic E-state index is 0.198. The molecule has 0 aliphatic heterocycles. The number of benzene rings is 3. The largest absolute Gasteiger partial charge is 0.506 e. The molecule has 0 fully saturated rings. The molecule has 0 saturated heterocycles. The molecule has 84 valence electrons. The van der Waals surface area contributed by atoms with E-state index in [1.165, 1.54) is 0 Å². The van der Waals surface area contributed by atoms with Crippen LogP contribution in [-0.2, 0) is 0 Å². The van der Waals surface area contributed by atoms with Crippen molar-refractivity contribution in [1.82, 2.24) is 0 Å². The highest BCUT2D eigenvalue weighted by molar-refractivity contribution is 9.10. The van der Waals surface area contributed by atoms with Crippen LogP contribution in [0.3, 0.4) is 0 Å². The van der Waals surface area contributed by atoms with Gasteiger partial charge in [0.15, 0.2) is 0 Å². The topological polar surface area (TPSA) is 20.2 Å². The van der Waals surface area contributed by atoms with Gasteiger partial charge in [-0.3, -0.25) is 0 Å². The molecule has 0 radical (unpaired) electrons. The third-order valence-corrected chi connectivity index (χ3v) is 4.23. The summed E-state index contributed by atoms with van der Waals surface area (Å²) in [5.74, 6) is 0.198. The van der Waals surface area contributed by atoms with E-state index in [-0.39, 0.29) is 5.75 Å². The monoisotopic (exact) mass is 306 g/mol. The third kappa shape index (κ3) is 1.60. The van der Waals surface area contributed by atoms with E-state index in [0.29, 0.717) is 9.50 Å². The molecular formula is C14H8BrClO. The van der Waals surface area contributed by atoms with Crippen LogP contribution in [0.4, 0.5) is 0 Å². The van der Waals surface area contributed by atoms with E-state index in [9.17, 15) is 5.11 Å². The lowest BCUT2D eigenvalue weighted by Gasteiger charge is -2.08. The smallest absolute Gasteiger partial charge is 0.139 e. The van der Waals surface area contributed by atoms with Gasteiger partial charge in [-0.25, -0.2) is 0 Å². The van der Waals surface area contributed by atoms with Crippen LogP contribution in [0.1, 0.15) is 0 Å². The fraction of sp³-hybridized carbons (Fsp3) is 0. The molecule has 3 aromatic rings. The Morgan fingerprint density at radius 1 is 1.00 bits per heavy atom. The van der Waals surface area contributed by atoms with E-state index in [0.717, 1.165) is 21.5 Å². The summed E-state index contributed by atoms with van der Waals surface area (Å²) in [6, 6.07) is 13.8. The molecule has 0 heterocycles. The number of hydrogen-bond acceptors (Lipinski definition) is 1. The number of halogens is 2. The van der Waals surface area contributed by atoms with Crippen molar-refractivity contribution in [1.29, 1.82) is 0 Å². The summed E-state index contributed by atoms with van der Waals surface area (Å²) in [5, 5.41) is 14.6. The van der Waals surface area contributed by atoms with E-state index in [1.54, 1.807) is 0 Å². The van der Waals surface area contributed by atoms with Gasteiger partial charge in [0.2, 0.25) is 0 Å². The van der Waals surface area contributed by atoms with Gasteiger partial charge in [-0.15, -0.1) is 0 Å². The average Bonchev–Trinajstić information content (AvgIpc) is 2.35. The SMILES string of the molecule is Oc1c(Br)c(Cl)cc2ccc3ccccc3c12. The van der Waals surface area contributed by atoms with Crippen LogP contribution in [0.15, 0.2) is 46.9 Å². The van der Waals surface area contributed by atoms with Crippen molar-refractivity contribution in [2.45, 2.75) is 0 Å². The zero-order valence-corrected chi connectivity index (χ0v) is 11.1. The van der Waals surface area contributed by atoms with Gasteiger partial charge in [0.25, 0.3) is 0 Å². The molecule has 0 saturated carbocycles. The average molecular weight is 308 g/mol. The fourth-order valence-corrected chi connectivity index (χ4v) is 2.62. The van der Waals surface area contributed by atoms with Crippen molar-refractivity contribution >= 4 is 49.1 Å². The molecule has 3 heteroatoms. The summed E-state index contributed by atoms with van der Waals surface area (Å²) in [6.07, 6.45) is 0. The van der Waals surface area contributed by atoms with Crippen molar-refractivity contribution in [2.75, 3.05) is 0 Å². The third-order valence-electron chi connectivity index (χ3n) is 2.90. The van der Waals surface area contributed by atoms with E-state index in [4.69, 9.17) is 11.6 Å². The molecule has 0 spiro atoms. The van der Waals surface area contributed by atoms with E-state index in [2.05, 4.69) is 15.9 Å². The van der Waals surface area contributed by atoms with Gasteiger partial charge in [-0.05, 0) is 38.2 Å². The zero-order chi connectivity index (χ0) is 12.0. The summed E-state index contributed by atoms with van der Waals surface area (Å²) >= 11 is 9.34. The fourth-order valence-electron chi connectivity index (χ4n) is 2.10. The zero-order valence-electron chi connectivity index (χ0n) is 8.74. The first-order valence-corrected chi connectivity index (χ1v) is 6.34. The normalized spacial score (nSPS) is 11.2. The first-order chi connectivity index (χ1) is 8.18. The molecule has 0 aliphatic rings. The van der Waals surface area contributed by atoms with Crippen LogP contribution in [0.25, 0.3) is 21.5 Å². The van der Waals surface area contributed by atoms with Crippen LogP contribution in [0, 0.1) is 0 Å². The van der Waals surface area contributed by atoms with Crippen molar-refractivity contribution in [3.05, 3.63) is 52.0 Å². The summed E-state index contributed by atoms with van der Waals surface area (Å²) in [6.45, 7) is 0. The van der Waals surface area contributed by atoms with Crippen LogP contribution >= 0.6 is 27.5 Å². The second kappa shape index (κ2) is 3.90. The van der Waals surface area contributed by atoms with Gasteiger partial charge in [-0.2, -0.15) is 0 Å². The minimum absolute atomic E-state index is 0.198. The molecule has 0 amide bonds. The van der Waals surface area contributed by atoms with Gasteiger partial charge in [0, 0.05) is 5.39 Å². The van der Waals surface area contributed by atoms with Gasteiger partial charge in [0.05, 0.1) is 9.50 Å². The van der Waals surface area contributed by atoms with Crippen LogP contribution in [0.2, 0.25) is 5.02 Å². The molecule has 0 bridgehead atoms. The van der Waals surface area contributed by atoms with E-state index < -0.39 is 0 Å². The lowest BCUT2D eigenvalue weighted by atomic mass is 10.0. The highest BCUT2D eigenvalue weighted by Gasteiger charge is 2.11. The molecule has 17 heavy (non-hydrogen) atoms. The molecule has 0 aliphatic carbocycles. The summed E-state index contributed by atoms with van der Waals surface area (Å²) in [5.41, 5.74) is 0. The molecule has 3 rings (SSSR count). The number of phenolic OH excluding ortho intramolecular Hbond substituents is 1. The number of rotatable bonds is 0. The minimum Gasteiger partial charge on any atom is -0.506 e. The Morgan fingerprint density at radius 2 is 1.71 bits per heavy atom. The van der Waals surface area contributed by atoms with E-state index in [1.807, 2.05) is 42.5 Å². The quantitative estimate of drug-likeness (QED) is 0.572. The molecule has 0 aromatic heterocycles. The van der Waals surface area contributed by atoms with Gasteiger partial charge in [-0.1, -0.05) is 48.0 Å². The molecule has 1 nitrogen and oxygen atoms in total. The van der Waals surface area contributed by atoms with Gasteiger partial charge < -0.3 is 5.11 Å². The Bertz CT molecular complexity index is 737. The predicted molar refractivity (Wildman–Crippen MR) is 75.8 cm³/mol. The standard InChI is InChI=1S/C14H8BrClO/c15-13-11(16)7-9-6-5-8-3-1-2-4-10(8)12(9)14(13)17/h1-7,17H. The Hall–Kier alpha value is -1.25. The lowest BCUT2D eigenvalue weighted by Crippen LogP contribution is -1.81. The predicted octanol–water partition coefficient (Wildman–Crippen LogP) is 5.11. The first kappa shape index (κ1) is 10.9. The highest BCUT2D eigenvalue weighted by atomic mass is 79.9. The Morgan fingerprint density at radius 3 is 2.53 bits per heavy atom. The van der Waals surface area contributed by atoms with Crippen molar-refractivity contribution in [2.24, 2.45) is 0 Å². The molecule has 3 aromatic carbocycles. The second-order valence-corrected chi connectivity index (χ2v) is 5.11. The Balaban J connectivity index is 2.62. The van der Waals surface area contributed by atoms with Crippen molar-refractivity contribution in [3.63, 3.8) is 0 Å². The van der Waals surface area contributed by atoms with Crippen molar-refractivity contribution < 1.29 is 5.11 Å². The molecule has 0 atom stereocenters. The summed E-state index contributed by atoms with van der Waals surface area (Å²) in [4.78, 5) is 0. The number of phenols is 1.